The van der Waals surface area contributed by atoms with Gasteiger partial charge in [0.1, 0.15) is 10.9 Å². The van der Waals surface area contributed by atoms with E-state index in [9.17, 15) is 9.59 Å². The minimum atomic E-state index is -0.710. The Morgan fingerprint density at radius 1 is 0.943 bits per heavy atom. The molecule has 2 heterocycles. The van der Waals surface area contributed by atoms with Crippen LogP contribution in [0.2, 0.25) is 0 Å². The summed E-state index contributed by atoms with van der Waals surface area (Å²) in [6.07, 6.45) is 2.40. The van der Waals surface area contributed by atoms with Crippen molar-refractivity contribution in [3.63, 3.8) is 0 Å². The number of carbonyl (C=O) groups is 1. The fourth-order valence-electron chi connectivity index (χ4n) is 4.10. The first-order valence-electron chi connectivity index (χ1n) is 11.6. The number of carbonyl (C=O) groups excluding carboxylic acids is 1. The number of hydrogen-bond donors (Lipinski definition) is 1. The van der Waals surface area contributed by atoms with Crippen LogP contribution < -0.4 is 10.9 Å². The van der Waals surface area contributed by atoms with Crippen LogP contribution in [0.4, 0.5) is 5.69 Å². The zero-order valence-corrected chi connectivity index (χ0v) is 20.4. The predicted octanol–water partition coefficient (Wildman–Crippen LogP) is 6.55. The molecule has 5 rings (SSSR count). The quantitative estimate of drug-likeness (QED) is 0.300. The highest BCUT2D eigenvalue weighted by molar-refractivity contribution is 7.17. The summed E-state index contributed by atoms with van der Waals surface area (Å²) in [6, 6.07) is 25.4. The number of nitrogens with zero attached hydrogens (tertiary/aromatic N) is 2. The molecule has 2 aromatic heterocycles. The van der Waals surface area contributed by atoms with Crippen molar-refractivity contribution < 1.29 is 4.79 Å². The Labute approximate surface area is 207 Å². The Balaban J connectivity index is 1.45. The van der Waals surface area contributed by atoms with Crippen molar-refractivity contribution in [3.05, 3.63) is 106 Å². The van der Waals surface area contributed by atoms with E-state index in [2.05, 4.69) is 41.5 Å². The zero-order chi connectivity index (χ0) is 24.4. The SMILES string of the molecule is CCc1ccc(NC(=O)C(C)n2cnc3scc(-c4ccc(-c5ccccc5)cc4)c3c2=O)cc1. The van der Waals surface area contributed by atoms with Crippen molar-refractivity contribution in [2.24, 2.45) is 0 Å². The molecule has 0 fully saturated rings. The average Bonchev–Trinajstić information content (AvgIpc) is 3.35. The van der Waals surface area contributed by atoms with E-state index in [1.807, 2.05) is 60.0 Å². The molecule has 0 radical (unpaired) electrons. The highest BCUT2D eigenvalue weighted by atomic mass is 32.1. The molecule has 0 aliphatic heterocycles. The van der Waals surface area contributed by atoms with Gasteiger partial charge in [0.15, 0.2) is 0 Å². The van der Waals surface area contributed by atoms with Crippen LogP contribution in [-0.4, -0.2) is 15.5 Å². The Bertz CT molecular complexity index is 1540. The van der Waals surface area contributed by atoms with Crippen LogP contribution in [0.3, 0.4) is 0 Å². The van der Waals surface area contributed by atoms with Gasteiger partial charge in [-0.2, -0.15) is 0 Å². The fraction of sp³-hybridized carbons (Fsp3) is 0.138. The van der Waals surface area contributed by atoms with Crippen LogP contribution in [0, 0.1) is 0 Å². The molecule has 0 saturated carbocycles. The largest absolute Gasteiger partial charge is 0.324 e. The number of hydrogen-bond acceptors (Lipinski definition) is 4. The Morgan fingerprint density at radius 2 is 1.60 bits per heavy atom. The number of anilines is 1. The second-order valence-corrected chi connectivity index (χ2v) is 9.30. The number of amides is 1. The number of benzene rings is 3. The third-order valence-electron chi connectivity index (χ3n) is 6.25. The maximum atomic E-state index is 13.5. The molecule has 6 heteroatoms. The number of nitrogens with one attached hydrogen (secondary N) is 1. The number of aromatic nitrogens is 2. The van der Waals surface area contributed by atoms with E-state index in [-0.39, 0.29) is 11.5 Å². The van der Waals surface area contributed by atoms with E-state index >= 15 is 0 Å². The second-order valence-electron chi connectivity index (χ2n) is 8.45. The topological polar surface area (TPSA) is 64.0 Å². The maximum Gasteiger partial charge on any atom is 0.263 e. The summed E-state index contributed by atoms with van der Waals surface area (Å²) >= 11 is 1.43. The van der Waals surface area contributed by atoms with Gasteiger partial charge in [0.05, 0.1) is 11.7 Å². The summed E-state index contributed by atoms with van der Waals surface area (Å²) < 4.78 is 1.41. The van der Waals surface area contributed by atoms with Crippen LogP contribution in [0.25, 0.3) is 32.5 Å². The van der Waals surface area contributed by atoms with Gasteiger partial charge in [-0.1, -0.05) is 73.7 Å². The van der Waals surface area contributed by atoms with Gasteiger partial charge in [-0.3, -0.25) is 14.2 Å². The van der Waals surface area contributed by atoms with Gasteiger partial charge >= 0.3 is 0 Å². The third kappa shape index (κ3) is 4.53. The van der Waals surface area contributed by atoms with Crippen molar-refractivity contribution in [1.82, 2.24) is 9.55 Å². The van der Waals surface area contributed by atoms with E-state index in [1.54, 1.807) is 6.92 Å². The van der Waals surface area contributed by atoms with Gasteiger partial charge in [0.2, 0.25) is 5.91 Å². The molecule has 0 spiro atoms. The number of aryl methyl sites for hydroxylation is 1. The Morgan fingerprint density at radius 3 is 2.29 bits per heavy atom. The van der Waals surface area contributed by atoms with Crippen LogP contribution in [0.5, 0.6) is 0 Å². The highest BCUT2D eigenvalue weighted by Crippen LogP contribution is 2.32. The molecule has 174 valence electrons. The summed E-state index contributed by atoms with van der Waals surface area (Å²) in [5.41, 5.74) is 5.71. The van der Waals surface area contributed by atoms with E-state index in [1.165, 1.54) is 27.8 Å². The molecule has 1 N–H and O–H groups in total. The van der Waals surface area contributed by atoms with Gasteiger partial charge in [-0.05, 0) is 47.7 Å². The van der Waals surface area contributed by atoms with Crippen LogP contribution in [0.15, 0.2) is 95.4 Å². The van der Waals surface area contributed by atoms with Gasteiger partial charge in [-0.15, -0.1) is 11.3 Å². The molecule has 1 unspecified atom stereocenters. The Hall–Kier alpha value is -4.03. The first kappa shape index (κ1) is 22.7. The molecule has 3 aromatic carbocycles. The average molecular weight is 480 g/mol. The molecular weight excluding hydrogens is 454 g/mol. The summed E-state index contributed by atoms with van der Waals surface area (Å²) in [5.74, 6) is -0.263. The standard InChI is InChI=1S/C29H25N3O2S/c1-3-20-9-15-24(16-10-20)31-27(33)19(2)32-18-30-28-26(29(32)34)25(17-35-28)23-13-11-22(12-14-23)21-7-5-4-6-8-21/h4-19H,3H2,1-2H3,(H,31,33). The zero-order valence-electron chi connectivity index (χ0n) is 19.6. The second kappa shape index (κ2) is 9.68. The summed E-state index contributed by atoms with van der Waals surface area (Å²) in [4.78, 5) is 31.6. The summed E-state index contributed by atoms with van der Waals surface area (Å²) in [6.45, 7) is 3.80. The van der Waals surface area contributed by atoms with Crippen LogP contribution >= 0.6 is 11.3 Å². The lowest BCUT2D eigenvalue weighted by Crippen LogP contribution is -2.31. The monoisotopic (exact) mass is 479 g/mol. The normalized spacial score (nSPS) is 11.9. The minimum Gasteiger partial charge on any atom is -0.324 e. The molecule has 0 saturated heterocycles. The van der Waals surface area contributed by atoms with Gasteiger partial charge in [0, 0.05) is 16.6 Å². The third-order valence-corrected chi connectivity index (χ3v) is 7.14. The number of fused-ring (bicyclic) bond motifs is 1. The molecule has 35 heavy (non-hydrogen) atoms. The Kier molecular flexibility index (Phi) is 6.29. The molecule has 1 amide bonds. The number of thiophene rings is 1. The van der Waals surface area contributed by atoms with Crippen LogP contribution in [-0.2, 0) is 11.2 Å². The lowest BCUT2D eigenvalue weighted by Gasteiger charge is -2.15. The molecule has 5 aromatic rings. The van der Waals surface area contributed by atoms with Crippen molar-refractivity contribution in [3.8, 4) is 22.3 Å². The lowest BCUT2D eigenvalue weighted by molar-refractivity contribution is -0.118. The van der Waals surface area contributed by atoms with E-state index in [4.69, 9.17) is 0 Å². The van der Waals surface area contributed by atoms with Crippen molar-refractivity contribution in [2.45, 2.75) is 26.3 Å². The number of rotatable bonds is 6. The molecular formula is C29H25N3O2S. The lowest BCUT2D eigenvalue weighted by atomic mass is 10.0. The van der Waals surface area contributed by atoms with Crippen molar-refractivity contribution >= 4 is 33.1 Å². The van der Waals surface area contributed by atoms with Crippen molar-refractivity contribution in [1.29, 1.82) is 0 Å². The first-order valence-corrected chi connectivity index (χ1v) is 12.5. The molecule has 5 nitrogen and oxygen atoms in total. The predicted molar refractivity (Wildman–Crippen MR) is 144 cm³/mol. The maximum absolute atomic E-state index is 13.5. The van der Waals surface area contributed by atoms with Gasteiger partial charge in [0.25, 0.3) is 5.56 Å². The van der Waals surface area contributed by atoms with Gasteiger partial charge < -0.3 is 5.32 Å². The van der Waals surface area contributed by atoms with Crippen molar-refractivity contribution in [2.75, 3.05) is 5.32 Å². The smallest absolute Gasteiger partial charge is 0.263 e. The van der Waals surface area contributed by atoms with Gasteiger partial charge in [-0.25, -0.2) is 4.98 Å². The minimum absolute atomic E-state index is 0.220. The molecule has 0 aliphatic rings. The summed E-state index contributed by atoms with van der Waals surface area (Å²) in [7, 11) is 0. The fourth-order valence-corrected chi connectivity index (χ4v) is 5.01. The molecule has 0 aliphatic carbocycles. The first-order chi connectivity index (χ1) is 17.0. The molecule has 1 atom stereocenters. The van der Waals surface area contributed by atoms with E-state index in [0.717, 1.165) is 28.7 Å². The summed E-state index contributed by atoms with van der Waals surface area (Å²) in [5, 5.41) is 5.40. The van der Waals surface area contributed by atoms with Crippen LogP contribution in [0.1, 0.15) is 25.5 Å². The molecule has 0 bridgehead atoms. The van der Waals surface area contributed by atoms with E-state index in [0.29, 0.717) is 15.9 Å². The highest BCUT2D eigenvalue weighted by Gasteiger charge is 2.20. The van der Waals surface area contributed by atoms with E-state index < -0.39 is 6.04 Å².